The van der Waals surface area contributed by atoms with E-state index in [2.05, 4.69) is 5.32 Å². The second kappa shape index (κ2) is 9.85. The van der Waals surface area contributed by atoms with E-state index in [1.165, 1.54) is 7.11 Å². The smallest absolute Gasteiger partial charge is 0.417 e. The van der Waals surface area contributed by atoms with E-state index in [1.54, 1.807) is 24.3 Å². The van der Waals surface area contributed by atoms with Crippen molar-refractivity contribution in [3.8, 4) is 11.5 Å². The van der Waals surface area contributed by atoms with Crippen LogP contribution in [-0.4, -0.2) is 24.8 Å². The molecule has 1 amide bonds. The largest absolute Gasteiger partial charge is 0.493 e. The molecular formula is C23H24F3NO4. The molecule has 2 aromatic carbocycles. The number of hydrogen-bond acceptors (Lipinski definition) is 4. The van der Waals surface area contributed by atoms with Crippen molar-refractivity contribution in [1.82, 2.24) is 5.32 Å². The van der Waals surface area contributed by atoms with Gasteiger partial charge in [0, 0.05) is 11.6 Å². The zero-order chi connectivity index (χ0) is 22.4. The molecule has 0 bridgehead atoms. The third-order valence-corrected chi connectivity index (χ3v) is 5.24. The lowest BCUT2D eigenvalue weighted by molar-refractivity contribution is -0.138. The molecule has 1 aliphatic rings. The summed E-state index contributed by atoms with van der Waals surface area (Å²) < 4.78 is 51.6. The van der Waals surface area contributed by atoms with Gasteiger partial charge in [-0.3, -0.25) is 9.59 Å². The number of hydrogen-bond donors (Lipinski definition) is 1. The lowest BCUT2D eigenvalue weighted by atomic mass is 9.95. The first-order valence-corrected chi connectivity index (χ1v) is 10.1. The number of ether oxygens (including phenoxy) is 2. The molecule has 31 heavy (non-hydrogen) atoms. The summed E-state index contributed by atoms with van der Waals surface area (Å²) >= 11 is 0. The molecule has 1 aliphatic carbocycles. The molecule has 8 heteroatoms. The van der Waals surface area contributed by atoms with E-state index in [0.29, 0.717) is 18.9 Å². The van der Waals surface area contributed by atoms with E-state index in [1.807, 2.05) is 6.07 Å². The number of benzene rings is 2. The topological polar surface area (TPSA) is 64.6 Å². The maximum absolute atomic E-state index is 13.6. The average Bonchev–Trinajstić information content (AvgIpc) is 2.77. The van der Waals surface area contributed by atoms with Crippen LogP contribution in [0.15, 0.2) is 42.5 Å². The van der Waals surface area contributed by atoms with E-state index >= 15 is 0 Å². The summed E-state index contributed by atoms with van der Waals surface area (Å²) in [7, 11) is 1.21. The van der Waals surface area contributed by atoms with Crippen LogP contribution < -0.4 is 14.8 Å². The van der Waals surface area contributed by atoms with Crippen molar-refractivity contribution in [2.24, 2.45) is 0 Å². The predicted molar refractivity (Wildman–Crippen MR) is 108 cm³/mol. The molecule has 0 aromatic heterocycles. The Morgan fingerprint density at radius 3 is 2.32 bits per heavy atom. The Morgan fingerprint density at radius 1 is 1.03 bits per heavy atom. The molecule has 3 rings (SSSR count). The van der Waals surface area contributed by atoms with Gasteiger partial charge in [-0.15, -0.1) is 0 Å². The van der Waals surface area contributed by atoms with E-state index < -0.39 is 29.0 Å². The van der Waals surface area contributed by atoms with E-state index in [-0.39, 0.29) is 24.1 Å². The molecule has 0 heterocycles. The maximum Gasteiger partial charge on any atom is 0.417 e. The molecule has 1 saturated carbocycles. The molecule has 1 N–H and O–H groups in total. The first-order valence-electron chi connectivity index (χ1n) is 10.1. The fourth-order valence-electron chi connectivity index (χ4n) is 3.61. The third-order valence-electron chi connectivity index (χ3n) is 5.24. The molecule has 0 spiro atoms. The third kappa shape index (κ3) is 5.77. The number of methoxy groups -OCH3 is 1. The number of Topliss-reactive ketones (excluding diaryl/α,β-unsaturated/α-hetero) is 1. The highest BCUT2D eigenvalue weighted by Crippen LogP contribution is 2.39. The molecule has 1 fully saturated rings. The van der Waals surface area contributed by atoms with Gasteiger partial charge in [-0.25, -0.2) is 0 Å². The van der Waals surface area contributed by atoms with Gasteiger partial charge < -0.3 is 14.8 Å². The molecule has 0 radical (unpaired) electrons. The molecule has 5 nitrogen and oxygen atoms in total. The number of halogens is 3. The van der Waals surface area contributed by atoms with Gasteiger partial charge in [0.25, 0.3) is 11.7 Å². The van der Waals surface area contributed by atoms with Crippen molar-refractivity contribution in [2.75, 3.05) is 7.11 Å². The van der Waals surface area contributed by atoms with E-state index in [4.69, 9.17) is 9.47 Å². The Bertz CT molecular complexity index is 922. The van der Waals surface area contributed by atoms with Crippen molar-refractivity contribution >= 4 is 11.7 Å². The predicted octanol–water partition coefficient (Wildman–Crippen LogP) is 4.92. The normalized spacial score (nSPS) is 14.7. The molecule has 0 unspecified atom stereocenters. The van der Waals surface area contributed by atoms with Gasteiger partial charge in [-0.2, -0.15) is 13.2 Å². The monoisotopic (exact) mass is 435 g/mol. The van der Waals surface area contributed by atoms with Crippen LogP contribution in [0.1, 0.15) is 53.6 Å². The van der Waals surface area contributed by atoms with Crippen molar-refractivity contribution in [2.45, 2.75) is 50.9 Å². The van der Waals surface area contributed by atoms with Crippen LogP contribution in [0.5, 0.6) is 11.5 Å². The highest BCUT2D eigenvalue weighted by molar-refractivity contribution is 6.43. The van der Waals surface area contributed by atoms with Crippen LogP contribution in [0.2, 0.25) is 0 Å². The summed E-state index contributed by atoms with van der Waals surface area (Å²) in [6.45, 7) is 0.0600. The van der Waals surface area contributed by atoms with Crippen LogP contribution in [0.25, 0.3) is 0 Å². The Labute approximate surface area is 178 Å². The zero-order valence-corrected chi connectivity index (χ0v) is 17.1. The van der Waals surface area contributed by atoms with Gasteiger partial charge in [0.2, 0.25) is 0 Å². The van der Waals surface area contributed by atoms with Gasteiger partial charge in [0.15, 0.2) is 11.5 Å². The lowest BCUT2D eigenvalue weighted by Gasteiger charge is -2.23. The van der Waals surface area contributed by atoms with E-state index in [0.717, 1.165) is 30.9 Å². The number of rotatable bonds is 7. The summed E-state index contributed by atoms with van der Waals surface area (Å²) in [5, 5.41) is 2.57. The SMILES string of the molecule is COc1cc(C(F)(F)F)c(C(=O)C(=O)NC2CCCCC2)cc1OCc1ccccc1. The first kappa shape index (κ1) is 22.7. The summed E-state index contributed by atoms with van der Waals surface area (Å²) in [6, 6.07) is 10.4. The Balaban J connectivity index is 1.90. The summed E-state index contributed by atoms with van der Waals surface area (Å²) in [5.41, 5.74) is -1.21. The highest BCUT2D eigenvalue weighted by Gasteiger charge is 2.38. The summed E-state index contributed by atoms with van der Waals surface area (Å²) in [4.78, 5) is 25.1. The standard InChI is InChI=1S/C23H24F3NO4/c1-30-19-13-18(23(24,25)26)17(12-20(19)31-14-15-8-4-2-5-9-15)21(28)22(29)27-16-10-6-3-7-11-16/h2,4-5,8-9,12-13,16H,3,6-7,10-11,14H2,1H3,(H,27,29). The van der Waals surface area contributed by atoms with Crippen LogP contribution >= 0.6 is 0 Å². The fourth-order valence-corrected chi connectivity index (χ4v) is 3.61. The molecule has 2 aromatic rings. The minimum atomic E-state index is -4.85. The zero-order valence-electron chi connectivity index (χ0n) is 17.1. The van der Waals surface area contributed by atoms with Crippen molar-refractivity contribution in [3.63, 3.8) is 0 Å². The van der Waals surface area contributed by atoms with Crippen LogP contribution in [0.3, 0.4) is 0 Å². The molecule has 166 valence electrons. The Kier molecular flexibility index (Phi) is 7.20. The van der Waals surface area contributed by atoms with Gasteiger partial charge in [0.1, 0.15) is 6.61 Å². The van der Waals surface area contributed by atoms with E-state index in [9.17, 15) is 22.8 Å². The molecule has 0 saturated heterocycles. The highest BCUT2D eigenvalue weighted by atomic mass is 19.4. The van der Waals surface area contributed by atoms with Gasteiger partial charge in [0.05, 0.1) is 12.7 Å². The minimum absolute atomic E-state index is 0.0480. The molecular weight excluding hydrogens is 411 g/mol. The molecule has 0 aliphatic heterocycles. The van der Waals surface area contributed by atoms with Crippen LogP contribution in [0, 0.1) is 0 Å². The summed E-state index contributed by atoms with van der Waals surface area (Å²) in [5.74, 6) is -2.51. The quantitative estimate of drug-likeness (QED) is 0.495. The number of carbonyl (C=O) groups excluding carboxylic acids is 2. The minimum Gasteiger partial charge on any atom is -0.493 e. The van der Waals surface area contributed by atoms with Gasteiger partial charge >= 0.3 is 6.18 Å². The van der Waals surface area contributed by atoms with Crippen molar-refractivity contribution in [3.05, 3.63) is 59.2 Å². The second-order valence-corrected chi connectivity index (χ2v) is 7.46. The fraction of sp³-hybridized carbons (Fsp3) is 0.391. The number of amides is 1. The Morgan fingerprint density at radius 2 is 1.71 bits per heavy atom. The van der Waals surface area contributed by atoms with Crippen LogP contribution in [-0.2, 0) is 17.6 Å². The lowest BCUT2D eigenvalue weighted by Crippen LogP contribution is -2.40. The van der Waals surface area contributed by atoms with Gasteiger partial charge in [-0.05, 0) is 30.5 Å². The summed E-state index contributed by atoms with van der Waals surface area (Å²) in [6.07, 6.45) is -0.571. The van der Waals surface area contributed by atoms with Gasteiger partial charge in [-0.1, -0.05) is 49.6 Å². The van der Waals surface area contributed by atoms with Crippen molar-refractivity contribution < 1.29 is 32.2 Å². The average molecular weight is 435 g/mol. The second-order valence-electron chi connectivity index (χ2n) is 7.46. The van der Waals surface area contributed by atoms with Crippen molar-refractivity contribution in [1.29, 1.82) is 0 Å². The maximum atomic E-state index is 13.6. The Hall–Kier alpha value is -3.03. The van der Waals surface area contributed by atoms with Crippen LogP contribution in [0.4, 0.5) is 13.2 Å². The number of nitrogens with one attached hydrogen (secondary N) is 1. The molecule has 0 atom stereocenters. The number of ketones is 1. The number of carbonyl (C=O) groups is 2. The first-order chi connectivity index (χ1) is 14.8. The number of alkyl halides is 3.